The Hall–Kier alpha value is -1.55. The molecule has 1 saturated carbocycles. The van der Waals surface area contributed by atoms with Gasteiger partial charge in [0.15, 0.2) is 0 Å². The summed E-state index contributed by atoms with van der Waals surface area (Å²) in [5.41, 5.74) is 1.12. The molecule has 1 amide bonds. The first kappa shape index (κ1) is 18.8. The fourth-order valence-electron chi connectivity index (χ4n) is 3.00. The molecule has 1 aliphatic carbocycles. The largest absolute Gasteiger partial charge is 0.493 e. The third-order valence-corrected chi connectivity index (χ3v) is 4.45. The third-order valence-electron chi connectivity index (χ3n) is 4.45. The maximum absolute atomic E-state index is 11.8. The molecule has 0 heterocycles. The molecule has 0 saturated heterocycles. The number of carbonyl (C=O) groups is 1. The van der Waals surface area contributed by atoms with E-state index in [-0.39, 0.29) is 5.91 Å². The van der Waals surface area contributed by atoms with Crippen LogP contribution in [0, 0.1) is 6.92 Å². The molecule has 1 aliphatic rings. The van der Waals surface area contributed by atoms with Crippen molar-refractivity contribution in [1.29, 1.82) is 0 Å². The lowest BCUT2D eigenvalue weighted by molar-refractivity contribution is -0.121. The molecule has 1 aromatic carbocycles. The van der Waals surface area contributed by atoms with Crippen molar-refractivity contribution in [3.05, 3.63) is 29.8 Å². The number of carbonyl (C=O) groups excluding carboxylic acids is 1. The van der Waals surface area contributed by atoms with Crippen LogP contribution in [0.15, 0.2) is 24.3 Å². The van der Waals surface area contributed by atoms with Crippen LogP contribution in [0.2, 0.25) is 0 Å². The van der Waals surface area contributed by atoms with Crippen molar-refractivity contribution in [2.75, 3.05) is 19.8 Å². The Kier molecular flexibility index (Phi) is 8.67. The number of benzene rings is 1. The molecule has 1 fully saturated rings. The molecule has 0 atom stereocenters. The first-order chi connectivity index (χ1) is 11.8. The smallest absolute Gasteiger partial charge is 0.220 e. The summed E-state index contributed by atoms with van der Waals surface area (Å²) in [6.07, 6.45) is 8.94. The Balaban J connectivity index is 1.44. The Labute approximate surface area is 145 Å². The van der Waals surface area contributed by atoms with Crippen molar-refractivity contribution in [1.82, 2.24) is 5.32 Å². The molecule has 0 aliphatic heterocycles. The molecule has 4 nitrogen and oxygen atoms in total. The van der Waals surface area contributed by atoms with E-state index < -0.39 is 0 Å². The molecule has 0 radical (unpaired) electrons. The van der Waals surface area contributed by atoms with Gasteiger partial charge in [-0.05, 0) is 44.2 Å². The van der Waals surface area contributed by atoms with E-state index in [1.165, 1.54) is 32.1 Å². The molecule has 0 unspecified atom stereocenters. The zero-order valence-electron chi connectivity index (χ0n) is 14.9. The van der Waals surface area contributed by atoms with Crippen molar-refractivity contribution < 1.29 is 14.3 Å². The number of aryl methyl sites for hydroxylation is 1. The quantitative estimate of drug-likeness (QED) is 0.658. The SMILES string of the molecule is Cc1ccccc1OCCCC(=O)NCCCOC1CCCCC1. The summed E-state index contributed by atoms with van der Waals surface area (Å²) in [6.45, 7) is 4.05. The first-order valence-corrected chi connectivity index (χ1v) is 9.32. The molecule has 1 N–H and O–H groups in total. The molecule has 2 rings (SSSR count). The van der Waals surface area contributed by atoms with Crippen LogP contribution in [-0.2, 0) is 9.53 Å². The lowest BCUT2D eigenvalue weighted by Crippen LogP contribution is -2.26. The molecular formula is C20H31NO3. The maximum Gasteiger partial charge on any atom is 0.220 e. The van der Waals surface area contributed by atoms with Gasteiger partial charge in [-0.25, -0.2) is 0 Å². The van der Waals surface area contributed by atoms with Gasteiger partial charge < -0.3 is 14.8 Å². The third kappa shape index (κ3) is 7.35. The minimum Gasteiger partial charge on any atom is -0.493 e. The van der Waals surface area contributed by atoms with Crippen LogP contribution in [0.1, 0.15) is 56.9 Å². The zero-order valence-corrected chi connectivity index (χ0v) is 14.9. The molecular weight excluding hydrogens is 302 g/mol. The summed E-state index contributed by atoms with van der Waals surface area (Å²) in [5.74, 6) is 0.999. The lowest BCUT2D eigenvalue weighted by atomic mass is 9.98. The highest BCUT2D eigenvalue weighted by atomic mass is 16.5. The Morgan fingerprint density at radius 3 is 2.71 bits per heavy atom. The Morgan fingerprint density at radius 2 is 1.92 bits per heavy atom. The van der Waals surface area contributed by atoms with E-state index in [1.807, 2.05) is 31.2 Å². The van der Waals surface area contributed by atoms with Gasteiger partial charge in [0.1, 0.15) is 5.75 Å². The predicted octanol–water partition coefficient (Wildman–Crippen LogP) is 4.01. The van der Waals surface area contributed by atoms with E-state index >= 15 is 0 Å². The van der Waals surface area contributed by atoms with Gasteiger partial charge >= 0.3 is 0 Å². The lowest BCUT2D eigenvalue weighted by Gasteiger charge is -2.21. The van der Waals surface area contributed by atoms with Gasteiger partial charge in [0.25, 0.3) is 0 Å². The summed E-state index contributed by atoms with van der Waals surface area (Å²) >= 11 is 0. The van der Waals surface area contributed by atoms with E-state index in [9.17, 15) is 4.79 Å². The number of para-hydroxylation sites is 1. The van der Waals surface area contributed by atoms with Crippen LogP contribution >= 0.6 is 0 Å². The fourth-order valence-corrected chi connectivity index (χ4v) is 3.00. The van der Waals surface area contributed by atoms with E-state index in [1.54, 1.807) is 0 Å². The second-order valence-electron chi connectivity index (χ2n) is 6.55. The second kappa shape index (κ2) is 11.1. The Morgan fingerprint density at radius 1 is 1.12 bits per heavy atom. The standard InChI is InChI=1S/C20H31NO3/c1-17-9-5-6-12-19(17)24-15-7-13-20(22)21-14-8-16-23-18-10-3-2-4-11-18/h5-6,9,12,18H,2-4,7-8,10-11,13-16H2,1H3,(H,21,22). The normalized spacial score (nSPS) is 15.2. The number of nitrogens with one attached hydrogen (secondary N) is 1. The van der Waals surface area contributed by atoms with E-state index in [2.05, 4.69) is 5.32 Å². The van der Waals surface area contributed by atoms with Crippen LogP contribution in [-0.4, -0.2) is 31.8 Å². The summed E-state index contributed by atoms with van der Waals surface area (Å²) in [6, 6.07) is 7.94. The molecule has 24 heavy (non-hydrogen) atoms. The first-order valence-electron chi connectivity index (χ1n) is 9.32. The highest BCUT2D eigenvalue weighted by Gasteiger charge is 2.13. The highest BCUT2D eigenvalue weighted by molar-refractivity contribution is 5.75. The summed E-state index contributed by atoms with van der Waals surface area (Å²) < 4.78 is 11.5. The Bertz CT molecular complexity index is 484. The summed E-state index contributed by atoms with van der Waals surface area (Å²) in [4.78, 5) is 11.8. The zero-order chi connectivity index (χ0) is 17.0. The van der Waals surface area contributed by atoms with Crippen molar-refractivity contribution in [2.45, 2.75) is 64.4 Å². The molecule has 1 aromatic rings. The number of rotatable bonds is 10. The molecule has 0 bridgehead atoms. The van der Waals surface area contributed by atoms with Crippen molar-refractivity contribution in [3.8, 4) is 5.75 Å². The van der Waals surface area contributed by atoms with Crippen LogP contribution in [0.3, 0.4) is 0 Å². The number of amides is 1. The monoisotopic (exact) mass is 333 g/mol. The number of hydrogen-bond acceptors (Lipinski definition) is 3. The minimum absolute atomic E-state index is 0.0982. The van der Waals surface area contributed by atoms with Crippen molar-refractivity contribution in [2.24, 2.45) is 0 Å². The van der Waals surface area contributed by atoms with Crippen LogP contribution < -0.4 is 10.1 Å². The fraction of sp³-hybridized carbons (Fsp3) is 0.650. The van der Waals surface area contributed by atoms with E-state index in [4.69, 9.17) is 9.47 Å². The van der Waals surface area contributed by atoms with E-state index in [0.717, 1.165) is 30.8 Å². The van der Waals surface area contributed by atoms with E-state index in [0.29, 0.717) is 25.7 Å². The minimum atomic E-state index is 0.0982. The van der Waals surface area contributed by atoms with Crippen molar-refractivity contribution in [3.63, 3.8) is 0 Å². The van der Waals surface area contributed by atoms with Gasteiger partial charge in [-0.2, -0.15) is 0 Å². The molecule has 4 heteroatoms. The van der Waals surface area contributed by atoms with Gasteiger partial charge in [-0.15, -0.1) is 0 Å². The summed E-state index contributed by atoms with van der Waals surface area (Å²) in [7, 11) is 0. The van der Waals surface area contributed by atoms with Gasteiger partial charge in [-0.1, -0.05) is 37.5 Å². The molecule has 134 valence electrons. The van der Waals surface area contributed by atoms with Gasteiger partial charge in [0, 0.05) is 19.6 Å². The van der Waals surface area contributed by atoms with Crippen molar-refractivity contribution >= 4 is 5.91 Å². The maximum atomic E-state index is 11.8. The number of ether oxygens (including phenoxy) is 2. The predicted molar refractivity (Wildman–Crippen MR) is 96.4 cm³/mol. The van der Waals surface area contributed by atoms with Crippen LogP contribution in [0.4, 0.5) is 0 Å². The van der Waals surface area contributed by atoms with Crippen LogP contribution in [0.5, 0.6) is 5.75 Å². The van der Waals surface area contributed by atoms with Gasteiger partial charge in [0.05, 0.1) is 12.7 Å². The molecule has 0 aromatic heterocycles. The highest BCUT2D eigenvalue weighted by Crippen LogP contribution is 2.20. The summed E-state index contributed by atoms with van der Waals surface area (Å²) in [5, 5.41) is 2.96. The van der Waals surface area contributed by atoms with Gasteiger partial charge in [0.2, 0.25) is 5.91 Å². The van der Waals surface area contributed by atoms with Crippen LogP contribution in [0.25, 0.3) is 0 Å². The average molecular weight is 333 g/mol. The average Bonchev–Trinajstić information content (AvgIpc) is 2.61. The molecule has 0 spiro atoms. The van der Waals surface area contributed by atoms with Gasteiger partial charge in [-0.3, -0.25) is 4.79 Å². The number of hydrogen-bond donors (Lipinski definition) is 1. The topological polar surface area (TPSA) is 47.6 Å². The second-order valence-corrected chi connectivity index (χ2v) is 6.55.